The molecule has 0 unspecified atom stereocenters. The van der Waals surface area contributed by atoms with Crippen molar-refractivity contribution >= 4 is 40.9 Å². The molecule has 1 aliphatic carbocycles. The first-order chi connectivity index (χ1) is 14.9. The molecule has 1 N–H and O–H groups in total. The standard InChI is InChI=1S/C24H29ClN2O3S/c1-16-13-20(21(30-3)14-19(16)25)26-24(29)18-11-7-8-12-22(18)31-15-23(28)27(2)17-9-5-4-6-10-17/h7-8,11-14,17H,4-6,9-10,15H2,1-3H3,(H,26,29). The minimum Gasteiger partial charge on any atom is -0.495 e. The van der Waals surface area contributed by atoms with Gasteiger partial charge in [-0.3, -0.25) is 9.59 Å². The predicted molar refractivity (Wildman–Crippen MR) is 128 cm³/mol. The summed E-state index contributed by atoms with van der Waals surface area (Å²) < 4.78 is 5.36. The van der Waals surface area contributed by atoms with Crippen LogP contribution in [0.1, 0.15) is 48.0 Å². The van der Waals surface area contributed by atoms with Gasteiger partial charge in [0.2, 0.25) is 5.91 Å². The number of hydrogen-bond acceptors (Lipinski definition) is 4. The van der Waals surface area contributed by atoms with Crippen LogP contribution in [0.2, 0.25) is 5.02 Å². The van der Waals surface area contributed by atoms with Crippen LogP contribution in [0.25, 0.3) is 0 Å². The highest BCUT2D eigenvalue weighted by atomic mass is 35.5. The fourth-order valence-electron chi connectivity index (χ4n) is 3.81. The highest BCUT2D eigenvalue weighted by Gasteiger charge is 2.23. The second kappa shape index (κ2) is 10.9. The molecule has 2 amide bonds. The topological polar surface area (TPSA) is 58.6 Å². The van der Waals surface area contributed by atoms with E-state index < -0.39 is 0 Å². The number of amides is 2. The lowest BCUT2D eigenvalue weighted by molar-refractivity contribution is -0.129. The third kappa shape index (κ3) is 5.95. The number of hydrogen-bond donors (Lipinski definition) is 1. The van der Waals surface area contributed by atoms with Gasteiger partial charge in [-0.25, -0.2) is 0 Å². The maximum absolute atomic E-state index is 13.0. The van der Waals surface area contributed by atoms with Crippen molar-refractivity contribution in [2.45, 2.75) is 50.0 Å². The smallest absolute Gasteiger partial charge is 0.256 e. The Morgan fingerprint density at radius 1 is 1.19 bits per heavy atom. The van der Waals surface area contributed by atoms with Crippen LogP contribution in [0.15, 0.2) is 41.3 Å². The van der Waals surface area contributed by atoms with E-state index in [2.05, 4.69) is 5.32 Å². The lowest BCUT2D eigenvalue weighted by atomic mass is 9.94. The number of carbonyl (C=O) groups is 2. The van der Waals surface area contributed by atoms with Crippen molar-refractivity contribution in [1.82, 2.24) is 4.90 Å². The lowest BCUT2D eigenvalue weighted by Crippen LogP contribution is -2.39. The maximum atomic E-state index is 13.0. The molecule has 2 aromatic rings. The van der Waals surface area contributed by atoms with E-state index in [4.69, 9.17) is 16.3 Å². The van der Waals surface area contributed by atoms with Crippen LogP contribution in [-0.4, -0.2) is 42.7 Å². The van der Waals surface area contributed by atoms with Gasteiger partial charge in [-0.15, -0.1) is 11.8 Å². The van der Waals surface area contributed by atoms with Crippen LogP contribution in [0.5, 0.6) is 5.75 Å². The first-order valence-corrected chi connectivity index (χ1v) is 11.9. The van der Waals surface area contributed by atoms with Gasteiger partial charge >= 0.3 is 0 Å². The number of thioether (sulfide) groups is 1. The molecule has 0 radical (unpaired) electrons. The minimum atomic E-state index is -0.254. The average Bonchev–Trinajstić information content (AvgIpc) is 2.79. The zero-order valence-corrected chi connectivity index (χ0v) is 19.8. The summed E-state index contributed by atoms with van der Waals surface area (Å²) in [6.45, 7) is 1.87. The van der Waals surface area contributed by atoms with E-state index in [1.165, 1.54) is 38.1 Å². The third-order valence-electron chi connectivity index (χ3n) is 5.73. The van der Waals surface area contributed by atoms with E-state index in [0.29, 0.717) is 33.8 Å². The monoisotopic (exact) mass is 460 g/mol. The molecular weight excluding hydrogens is 432 g/mol. The number of benzene rings is 2. The van der Waals surface area contributed by atoms with Crippen molar-refractivity contribution in [3.05, 3.63) is 52.5 Å². The second-order valence-corrected chi connectivity index (χ2v) is 9.26. The fraction of sp³-hybridized carbons (Fsp3) is 0.417. The number of methoxy groups -OCH3 is 1. The summed E-state index contributed by atoms with van der Waals surface area (Å²) in [6, 6.07) is 11.1. The van der Waals surface area contributed by atoms with Crippen molar-refractivity contribution in [1.29, 1.82) is 0 Å². The Labute approximate surface area is 193 Å². The summed E-state index contributed by atoms with van der Waals surface area (Å²) in [5.41, 5.74) is 1.93. The van der Waals surface area contributed by atoms with Gasteiger partial charge in [-0.05, 0) is 43.5 Å². The van der Waals surface area contributed by atoms with Crippen LogP contribution < -0.4 is 10.1 Å². The molecule has 0 aliphatic heterocycles. The number of halogens is 1. The molecular formula is C24H29ClN2O3S. The van der Waals surface area contributed by atoms with Crippen LogP contribution in [0, 0.1) is 6.92 Å². The molecule has 0 atom stereocenters. The summed E-state index contributed by atoms with van der Waals surface area (Å²) in [7, 11) is 3.43. The molecule has 1 aliphatic rings. The van der Waals surface area contributed by atoms with Crippen LogP contribution >= 0.6 is 23.4 Å². The SMILES string of the molecule is COc1cc(Cl)c(C)cc1NC(=O)c1ccccc1SCC(=O)N(C)C1CCCCC1. The Kier molecular flexibility index (Phi) is 8.27. The first-order valence-electron chi connectivity index (χ1n) is 10.5. The number of anilines is 1. The molecule has 0 saturated heterocycles. The van der Waals surface area contributed by atoms with Gasteiger partial charge in [0.05, 0.1) is 24.1 Å². The quantitative estimate of drug-likeness (QED) is 0.531. The second-order valence-electron chi connectivity index (χ2n) is 7.84. The summed E-state index contributed by atoms with van der Waals surface area (Å²) >= 11 is 7.56. The van der Waals surface area contributed by atoms with Crippen molar-refractivity contribution < 1.29 is 14.3 Å². The zero-order chi connectivity index (χ0) is 22.4. The van der Waals surface area contributed by atoms with E-state index in [9.17, 15) is 9.59 Å². The molecule has 2 aromatic carbocycles. The van der Waals surface area contributed by atoms with E-state index in [1.54, 1.807) is 18.2 Å². The molecule has 5 nitrogen and oxygen atoms in total. The molecule has 166 valence electrons. The Balaban J connectivity index is 1.69. The van der Waals surface area contributed by atoms with Crippen molar-refractivity contribution in [2.75, 3.05) is 25.2 Å². The molecule has 3 rings (SSSR count). The van der Waals surface area contributed by atoms with Crippen LogP contribution in [0.4, 0.5) is 5.69 Å². The van der Waals surface area contributed by atoms with Gasteiger partial charge in [0, 0.05) is 29.1 Å². The average molecular weight is 461 g/mol. The summed E-state index contributed by atoms with van der Waals surface area (Å²) in [5.74, 6) is 0.650. The molecule has 1 saturated carbocycles. The van der Waals surface area contributed by atoms with Gasteiger partial charge in [-0.2, -0.15) is 0 Å². The number of carbonyl (C=O) groups excluding carboxylic acids is 2. The summed E-state index contributed by atoms with van der Waals surface area (Å²) in [6.07, 6.45) is 5.79. The van der Waals surface area contributed by atoms with Gasteiger partial charge in [0.15, 0.2) is 0 Å². The van der Waals surface area contributed by atoms with E-state index in [-0.39, 0.29) is 11.8 Å². The molecule has 0 spiro atoms. The summed E-state index contributed by atoms with van der Waals surface area (Å²) in [5, 5.41) is 3.49. The molecule has 1 fully saturated rings. The number of nitrogens with one attached hydrogen (secondary N) is 1. The van der Waals surface area contributed by atoms with Gasteiger partial charge in [0.25, 0.3) is 5.91 Å². The Bertz CT molecular complexity index is 944. The van der Waals surface area contributed by atoms with Crippen molar-refractivity contribution in [3.8, 4) is 5.75 Å². The normalized spacial score (nSPS) is 14.2. The van der Waals surface area contributed by atoms with E-state index in [1.807, 2.05) is 37.1 Å². The van der Waals surface area contributed by atoms with Crippen molar-refractivity contribution in [2.24, 2.45) is 0 Å². The summed E-state index contributed by atoms with van der Waals surface area (Å²) in [4.78, 5) is 28.4. The molecule has 31 heavy (non-hydrogen) atoms. The van der Waals surface area contributed by atoms with Gasteiger partial charge < -0.3 is 15.0 Å². The largest absolute Gasteiger partial charge is 0.495 e. The number of ether oxygens (including phenoxy) is 1. The number of aryl methyl sites for hydroxylation is 1. The first kappa shape index (κ1) is 23.5. The Morgan fingerprint density at radius 3 is 2.61 bits per heavy atom. The number of nitrogens with zero attached hydrogens (tertiary/aromatic N) is 1. The van der Waals surface area contributed by atoms with Crippen LogP contribution in [-0.2, 0) is 4.79 Å². The zero-order valence-electron chi connectivity index (χ0n) is 18.2. The number of rotatable bonds is 7. The highest BCUT2D eigenvalue weighted by Crippen LogP contribution is 2.32. The Hall–Kier alpha value is -2.18. The Morgan fingerprint density at radius 2 is 1.90 bits per heavy atom. The predicted octanol–water partition coefficient (Wildman–Crippen LogP) is 5.79. The van der Waals surface area contributed by atoms with E-state index in [0.717, 1.165) is 23.3 Å². The lowest BCUT2D eigenvalue weighted by Gasteiger charge is -2.31. The molecule has 0 bridgehead atoms. The molecule has 0 aromatic heterocycles. The van der Waals surface area contributed by atoms with E-state index >= 15 is 0 Å². The molecule has 0 heterocycles. The third-order valence-corrected chi connectivity index (χ3v) is 7.19. The highest BCUT2D eigenvalue weighted by molar-refractivity contribution is 8.00. The van der Waals surface area contributed by atoms with Gasteiger partial charge in [-0.1, -0.05) is 43.0 Å². The maximum Gasteiger partial charge on any atom is 0.256 e. The molecule has 7 heteroatoms. The van der Waals surface area contributed by atoms with Crippen LogP contribution in [0.3, 0.4) is 0 Å². The van der Waals surface area contributed by atoms with Crippen molar-refractivity contribution in [3.63, 3.8) is 0 Å². The van der Waals surface area contributed by atoms with Gasteiger partial charge in [0.1, 0.15) is 5.75 Å². The fourth-order valence-corrected chi connectivity index (χ4v) is 4.94. The minimum absolute atomic E-state index is 0.0992.